The van der Waals surface area contributed by atoms with Crippen molar-refractivity contribution >= 4 is 17.5 Å². The Labute approximate surface area is 146 Å². The van der Waals surface area contributed by atoms with Gasteiger partial charge >= 0.3 is 5.97 Å². The Hall–Kier alpha value is -1.91. The lowest BCUT2D eigenvalue weighted by molar-refractivity contribution is -0.189. The molecule has 1 saturated carbocycles. The number of rotatable bonds is 0. The Morgan fingerprint density at radius 3 is 2.56 bits per heavy atom. The fraction of sp³-hybridized carbons (Fsp3) is 0.650. The summed E-state index contributed by atoms with van der Waals surface area (Å²) in [4.78, 5) is 39.5. The second kappa shape index (κ2) is 4.43. The minimum atomic E-state index is -0.966. The van der Waals surface area contributed by atoms with Crippen LogP contribution in [0.25, 0.3) is 0 Å². The zero-order valence-electron chi connectivity index (χ0n) is 14.8. The number of esters is 1. The van der Waals surface area contributed by atoms with Crippen LogP contribution in [0.1, 0.15) is 46.5 Å². The van der Waals surface area contributed by atoms with E-state index in [-0.39, 0.29) is 40.5 Å². The lowest BCUT2D eigenvalue weighted by atomic mass is 9.46. The first-order chi connectivity index (χ1) is 11.8. The number of carbonyl (C=O) groups is 3. The maximum absolute atomic E-state index is 13.3. The van der Waals surface area contributed by atoms with Crippen LogP contribution in [0.5, 0.6) is 0 Å². The first-order valence-electron chi connectivity index (χ1n) is 9.21. The monoisotopic (exact) mass is 342 g/mol. The van der Waals surface area contributed by atoms with Gasteiger partial charge in [-0.3, -0.25) is 14.4 Å². The second-order valence-corrected chi connectivity index (χ2v) is 8.90. The van der Waals surface area contributed by atoms with Crippen molar-refractivity contribution in [3.05, 3.63) is 22.5 Å². The summed E-state index contributed by atoms with van der Waals surface area (Å²) < 4.78 is 11.3. The normalized spacial score (nSPS) is 41.2. The number of ketones is 2. The smallest absolute Gasteiger partial charge is 0.317 e. The molecule has 1 saturated heterocycles. The summed E-state index contributed by atoms with van der Waals surface area (Å²) >= 11 is 0. The van der Waals surface area contributed by atoms with Crippen LogP contribution in [-0.2, 0) is 23.9 Å². The summed E-state index contributed by atoms with van der Waals surface area (Å²) in [5, 5.41) is 0. The molecule has 25 heavy (non-hydrogen) atoms. The summed E-state index contributed by atoms with van der Waals surface area (Å²) in [6.45, 7) is 6.59. The Morgan fingerprint density at radius 2 is 1.80 bits per heavy atom. The Kier molecular flexibility index (Phi) is 2.72. The topological polar surface area (TPSA) is 69.7 Å². The molecule has 6 rings (SSSR count). The van der Waals surface area contributed by atoms with E-state index >= 15 is 0 Å². The van der Waals surface area contributed by atoms with Crippen LogP contribution in [0.4, 0.5) is 0 Å². The standard InChI is InChI=1S/C20H22O5/c1-9-8-24-17-12(9)15(21)13-10-7-11-19(2,3)5-4-6-20(11,18(23)25-10)14(13)16(17)22/h9-11H,4-8H2,1-3H3/t9-,10-,11-,20+/m0/s1. The first-order valence-corrected chi connectivity index (χ1v) is 9.21. The van der Waals surface area contributed by atoms with Crippen LogP contribution in [0, 0.1) is 22.7 Å². The van der Waals surface area contributed by atoms with Crippen LogP contribution in [0.2, 0.25) is 0 Å². The van der Waals surface area contributed by atoms with Crippen molar-refractivity contribution < 1.29 is 23.9 Å². The van der Waals surface area contributed by atoms with Crippen molar-refractivity contribution in [1.82, 2.24) is 0 Å². The molecule has 0 aromatic carbocycles. The van der Waals surface area contributed by atoms with E-state index in [9.17, 15) is 14.4 Å². The van der Waals surface area contributed by atoms with Gasteiger partial charge in [0.15, 0.2) is 11.5 Å². The molecule has 2 bridgehead atoms. The van der Waals surface area contributed by atoms with Crippen molar-refractivity contribution in [1.29, 1.82) is 0 Å². The molecule has 3 aliphatic heterocycles. The third-order valence-electron chi connectivity index (χ3n) is 7.17. The van der Waals surface area contributed by atoms with Gasteiger partial charge < -0.3 is 9.47 Å². The molecular weight excluding hydrogens is 320 g/mol. The highest BCUT2D eigenvalue weighted by molar-refractivity contribution is 6.28. The maximum Gasteiger partial charge on any atom is 0.317 e. The third-order valence-corrected chi connectivity index (χ3v) is 7.17. The number of carbonyl (C=O) groups excluding carboxylic acids is 3. The van der Waals surface area contributed by atoms with Crippen LogP contribution in [0.3, 0.4) is 0 Å². The SMILES string of the molecule is C[C@H]1COC2=C1C(=O)C1=C(C2=O)[C@@]23CCCC(C)(C)[C@@H]2C[C@@H]1OC3=O. The Morgan fingerprint density at radius 1 is 1.04 bits per heavy atom. The van der Waals surface area contributed by atoms with Gasteiger partial charge in [0.05, 0.1) is 12.2 Å². The zero-order valence-corrected chi connectivity index (χ0v) is 14.8. The van der Waals surface area contributed by atoms with Crippen molar-refractivity contribution in [2.45, 2.75) is 52.6 Å². The predicted octanol–water partition coefficient (Wildman–Crippen LogP) is 2.50. The largest absolute Gasteiger partial charge is 0.488 e. The van der Waals surface area contributed by atoms with Gasteiger partial charge in [0.25, 0.3) is 0 Å². The van der Waals surface area contributed by atoms with Crippen molar-refractivity contribution in [3.63, 3.8) is 0 Å². The lowest BCUT2D eigenvalue weighted by Gasteiger charge is -2.59. The maximum atomic E-state index is 13.3. The number of fused-ring (bicyclic) bond motifs is 1. The van der Waals surface area contributed by atoms with E-state index in [4.69, 9.17) is 9.47 Å². The summed E-state index contributed by atoms with van der Waals surface area (Å²) in [5.74, 6) is -0.542. The van der Waals surface area contributed by atoms with Gasteiger partial charge in [-0.1, -0.05) is 27.2 Å². The van der Waals surface area contributed by atoms with E-state index in [1.165, 1.54) is 0 Å². The molecule has 5 nitrogen and oxygen atoms in total. The molecule has 6 aliphatic rings. The molecule has 132 valence electrons. The third kappa shape index (κ3) is 1.58. The highest BCUT2D eigenvalue weighted by Crippen LogP contribution is 2.65. The van der Waals surface area contributed by atoms with E-state index < -0.39 is 11.5 Å². The van der Waals surface area contributed by atoms with E-state index in [2.05, 4.69) is 13.8 Å². The highest BCUT2D eigenvalue weighted by Gasteiger charge is 2.68. The molecule has 0 radical (unpaired) electrons. The summed E-state index contributed by atoms with van der Waals surface area (Å²) in [5.41, 5.74) is 0.323. The fourth-order valence-corrected chi connectivity index (χ4v) is 6.03. The number of hydrogen-bond donors (Lipinski definition) is 0. The minimum Gasteiger partial charge on any atom is -0.488 e. The molecule has 0 N–H and O–H groups in total. The molecule has 5 heteroatoms. The van der Waals surface area contributed by atoms with Crippen molar-refractivity contribution in [2.75, 3.05) is 6.61 Å². The van der Waals surface area contributed by atoms with Crippen molar-refractivity contribution in [3.8, 4) is 0 Å². The van der Waals surface area contributed by atoms with E-state index in [1.54, 1.807) is 0 Å². The number of ether oxygens (including phenoxy) is 2. The van der Waals surface area contributed by atoms with E-state index in [0.29, 0.717) is 36.2 Å². The summed E-state index contributed by atoms with van der Waals surface area (Å²) in [6, 6.07) is 0. The molecule has 2 fully saturated rings. The van der Waals surface area contributed by atoms with Gasteiger partial charge in [0, 0.05) is 17.1 Å². The predicted molar refractivity (Wildman–Crippen MR) is 87.2 cm³/mol. The lowest BCUT2D eigenvalue weighted by Crippen LogP contribution is -2.62. The van der Waals surface area contributed by atoms with Crippen LogP contribution in [-0.4, -0.2) is 30.2 Å². The average Bonchev–Trinajstić information content (AvgIpc) is 2.94. The van der Waals surface area contributed by atoms with E-state index in [1.807, 2.05) is 6.92 Å². The van der Waals surface area contributed by atoms with Crippen LogP contribution < -0.4 is 0 Å². The molecule has 1 spiro atoms. The van der Waals surface area contributed by atoms with Gasteiger partial charge in [-0.2, -0.15) is 0 Å². The number of hydrogen-bond acceptors (Lipinski definition) is 5. The second-order valence-electron chi connectivity index (χ2n) is 8.90. The van der Waals surface area contributed by atoms with Gasteiger partial charge in [-0.15, -0.1) is 0 Å². The molecule has 0 aromatic rings. The van der Waals surface area contributed by atoms with Gasteiger partial charge in [0.1, 0.15) is 11.5 Å². The Bertz CT molecular complexity index is 814. The minimum absolute atomic E-state index is 0.0384. The molecular formula is C20H22O5. The summed E-state index contributed by atoms with van der Waals surface area (Å²) in [7, 11) is 0. The molecule has 4 atom stereocenters. The first kappa shape index (κ1) is 15.4. The summed E-state index contributed by atoms with van der Waals surface area (Å²) in [6.07, 6.45) is 2.53. The van der Waals surface area contributed by atoms with Gasteiger partial charge in [-0.25, -0.2) is 0 Å². The quantitative estimate of drug-likeness (QED) is 0.500. The molecule has 0 unspecified atom stereocenters. The average molecular weight is 342 g/mol. The Balaban J connectivity index is 1.76. The van der Waals surface area contributed by atoms with Gasteiger partial charge in [0.2, 0.25) is 5.78 Å². The molecule has 0 aromatic heterocycles. The zero-order chi connectivity index (χ0) is 17.7. The molecule has 3 heterocycles. The van der Waals surface area contributed by atoms with Gasteiger partial charge in [-0.05, 0) is 30.6 Å². The van der Waals surface area contributed by atoms with Crippen LogP contribution >= 0.6 is 0 Å². The number of allylic oxidation sites excluding steroid dienone is 1. The van der Waals surface area contributed by atoms with Crippen molar-refractivity contribution in [2.24, 2.45) is 22.7 Å². The van der Waals surface area contributed by atoms with E-state index in [0.717, 1.165) is 12.8 Å². The fourth-order valence-electron chi connectivity index (χ4n) is 6.03. The van der Waals surface area contributed by atoms with Crippen LogP contribution in [0.15, 0.2) is 22.5 Å². The highest BCUT2D eigenvalue weighted by atomic mass is 16.5. The molecule has 0 amide bonds. The molecule has 3 aliphatic carbocycles. The number of Topliss-reactive ketones (excluding diaryl/α,β-unsaturated/α-hetero) is 2.